The predicted molar refractivity (Wildman–Crippen MR) is 199 cm³/mol. The molecule has 3 unspecified atom stereocenters. The summed E-state index contributed by atoms with van der Waals surface area (Å²) in [7, 11) is 0. The molecule has 5 saturated carbocycles. The first-order valence-corrected chi connectivity index (χ1v) is 21.2. The maximum atomic E-state index is 12.7. The van der Waals surface area contributed by atoms with Gasteiger partial charge in [-0.05, 0) is 138 Å². The maximum absolute atomic E-state index is 12.7. The average Bonchev–Trinajstić information content (AvgIpc) is 3.67. The molecule has 3 aliphatic heterocycles. The fourth-order valence-corrected chi connectivity index (χ4v) is 15.5. The normalized spacial score (nSPS) is 51.1. The summed E-state index contributed by atoms with van der Waals surface area (Å²) >= 11 is 0. The van der Waals surface area contributed by atoms with Crippen molar-refractivity contribution in [3.63, 3.8) is 0 Å². The Balaban J connectivity index is 0.993. The molecule has 5 aliphatic carbocycles. The molecule has 8 nitrogen and oxygen atoms in total. The highest BCUT2D eigenvalue weighted by Crippen LogP contribution is 2.89. The number of hydrogen-bond donors (Lipinski definition) is 2. The van der Waals surface area contributed by atoms with Gasteiger partial charge in [-0.3, -0.25) is 9.80 Å². The highest BCUT2D eigenvalue weighted by Gasteiger charge is 2.84. The van der Waals surface area contributed by atoms with Crippen molar-refractivity contribution in [1.82, 2.24) is 9.80 Å². The number of nitrogens with zero attached hydrogens (tertiary/aromatic N) is 2. The Labute approximate surface area is 310 Å². The van der Waals surface area contributed by atoms with E-state index in [4.69, 9.17) is 18.9 Å². The minimum atomic E-state index is -1.01. The van der Waals surface area contributed by atoms with E-state index in [0.717, 1.165) is 45.6 Å². The van der Waals surface area contributed by atoms with E-state index in [-0.39, 0.29) is 46.4 Å². The van der Waals surface area contributed by atoms with Crippen LogP contribution in [0.4, 0.5) is 0 Å². The molecule has 8 aliphatic rings. The first-order chi connectivity index (χ1) is 23.8. The molecule has 8 rings (SSSR count). The lowest BCUT2D eigenvalue weighted by Gasteiger charge is -2.64. The third kappa shape index (κ3) is 5.11. The zero-order valence-corrected chi connectivity index (χ0v) is 34.2. The van der Waals surface area contributed by atoms with Crippen molar-refractivity contribution in [1.29, 1.82) is 0 Å². The Kier molecular flexibility index (Phi) is 8.91. The van der Waals surface area contributed by atoms with Gasteiger partial charge in [0.1, 0.15) is 6.10 Å². The molecule has 3 saturated heterocycles. The number of ether oxygens (including phenoxy) is 4. The summed E-state index contributed by atoms with van der Waals surface area (Å²) in [6.07, 6.45) is 8.10. The molecule has 0 aromatic heterocycles. The summed E-state index contributed by atoms with van der Waals surface area (Å²) in [6, 6.07) is 0.603. The first-order valence-electron chi connectivity index (χ1n) is 21.2. The van der Waals surface area contributed by atoms with Crippen molar-refractivity contribution in [2.75, 3.05) is 39.4 Å². The Morgan fingerprint density at radius 1 is 0.961 bits per heavy atom. The van der Waals surface area contributed by atoms with Gasteiger partial charge in [0, 0.05) is 43.2 Å². The van der Waals surface area contributed by atoms with Crippen LogP contribution in [0.25, 0.3) is 0 Å². The second-order valence-corrected chi connectivity index (χ2v) is 21.5. The van der Waals surface area contributed by atoms with E-state index in [9.17, 15) is 10.2 Å². The van der Waals surface area contributed by atoms with Crippen LogP contribution >= 0.6 is 0 Å². The van der Waals surface area contributed by atoms with Crippen molar-refractivity contribution >= 4 is 0 Å². The smallest absolute Gasteiger partial charge is 0.170 e. The molecule has 8 fully saturated rings. The van der Waals surface area contributed by atoms with Gasteiger partial charge >= 0.3 is 0 Å². The number of fused-ring (bicyclic) bond motifs is 4. The van der Waals surface area contributed by atoms with Crippen molar-refractivity contribution in [3.05, 3.63) is 0 Å². The molecule has 0 aromatic carbocycles. The van der Waals surface area contributed by atoms with Crippen LogP contribution in [-0.2, 0) is 18.9 Å². The minimum Gasteiger partial charge on any atom is -0.390 e. The second kappa shape index (κ2) is 12.1. The largest absolute Gasteiger partial charge is 0.390 e. The van der Waals surface area contributed by atoms with Gasteiger partial charge in [-0.15, -0.1) is 0 Å². The second-order valence-electron chi connectivity index (χ2n) is 21.5. The number of rotatable bonds is 8. The first kappa shape index (κ1) is 37.6. The lowest BCUT2D eigenvalue weighted by Crippen LogP contribution is -2.72. The third-order valence-electron chi connectivity index (χ3n) is 18.1. The topological polar surface area (TPSA) is 83.9 Å². The molecular weight excluding hydrogens is 640 g/mol. The molecule has 2 N–H and O–H groups in total. The zero-order valence-electron chi connectivity index (χ0n) is 34.2. The molecule has 51 heavy (non-hydrogen) atoms. The van der Waals surface area contributed by atoms with Crippen LogP contribution in [0.2, 0.25) is 0 Å². The maximum Gasteiger partial charge on any atom is 0.170 e. The van der Waals surface area contributed by atoms with Gasteiger partial charge < -0.3 is 29.2 Å². The molecule has 0 aromatic rings. The van der Waals surface area contributed by atoms with Crippen LogP contribution in [0.5, 0.6) is 0 Å². The summed E-state index contributed by atoms with van der Waals surface area (Å²) in [4.78, 5) is 5.22. The minimum absolute atomic E-state index is 0.0210. The van der Waals surface area contributed by atoms with Crippen LogP contribution < -0.4 is 0 Å². The van der Waals surface area contributed by atoms with Gasteiger partial charge in [-0.2, -0.15) is 0 Å². The zero-order chi connectivity index (χ0) is 36.7. The van der Waals surface area contributed by atoms with Crippen LogP contribution in [0, 0.1) is 50.7 Å². The molecule has 14 atom stereocenters. The lowest BCUT2D eigenvalue weighted by atomic mass is 9.41. The summed E-state index contributed by atoms with van der Waals surface area (Å²) < 4.78 is 26.6. The summed E-state index contributed by atoms with van der Waals surface area (Å²) in [6.45, 7) is 30.5. The fourth-order valence-electron chi connectivity index (χ4n) is 15.5. The van der Waals surface area contributed by atoms with Crippen LogP contribution in [-0.4, -0.2) is 113 Å². The molecule has 292 valence electrons. The van der Waals surface area contributed by atoms with E-state index in [0.29, 0.717) is 47.2 Å². The van der Waals surface area contributed by atoms with Crippen molar-refractivity contribution in [2.45, 2.75) is 182 Å². The van der Waals surface area contributed by atoms with E-state index >= 15 is 0 Å². The van der Waals surface area contributed by atoms with E-state index in [2.05, 4.69) is 65.2 Å². The Bertz CT molecular complexity index is 1330. The number of likely N-dealkylation sites (tertiary alicyclic amines) is 1. The Hall–Kier alpha value is -0.320. The number of aliphatic hydroxyl groups is 2. The molecule has 0 bridgehead atoms. The Morgan fingerprint density at radius 2 is 1.65 bits per heavy atom. The van der Waals surface area contributed by atoms with Gasteiger partial charge in [0.2, 0.25) is 0 Å². The molecule has 0 amide bonds. The van der Waals surface area contributed by atoms with Crippen molar-refractivity contribution in [2.24, 2.45) is 50.7 Å². The van der Waals surface area contributed by atoms with E-state index in [1.807, 2.05) is 20.8 Å². The molecule has 8 heteroatoms. The van der Waals surface area contributed by atoms with Gasteiger partial charge in [0.15, 0.2) is 6.29 Å². The molecular formula is C43H74N2O6. The van der Waals surface area contributed by atoms with Crippen LogP contribution in [0.1, 0.15) is 128 Å². The number of morpholine rings is 1. The SMILES string of the molecule is CCO[C@@H](C1C[C@@H](C)[C@H]2C(O1)[C@H](O)[C@@]1(C)C3CC[C@H]4C(C)(C)[C@@H](O[C@H]5CN(C6(C)CN(C(C)C)C6)CCO5)CC[C@@]45C[C@@]35CC[C@]21C)C(C)(C)O. The van der Waals surface area contributed by atoms with E-state index in [1.165, 1.54) is 38.5 Å². The van der Waals surface area contributed by atoms with Crippen LogP contribution in [0.3, 0.4) is 0 Å². The molecule has 3 heterocycles. The number of aliphatic hydroxyl groups excluding tert-OH is 1. The average molecular weight is 715 g/mol. The highest BCUT2D eigenvalue weighted by atomic mass is 16.7. The highest BCUT2D eigenvalue weighted by molar-refractivity contribution is 5.33. The summed E-state index contributed by atoms with van der Waals surface area (Å²) in [5.74, 6) is 1.85. The summed E-state index contributed by atoms with van der Waals surface area (Å²) in [5, 5.41) is 23.8. The quantitative estimate of drug-likeness (QED) is 0.295. The fraction of sp³-hybridized carbons (Fsp3) is 1.00. The predicted octanol–water partition coefficient (Wildman–Crippen LogP) is 6.50. The monoisotopic (exact) mass is 715 g/mol. The molecule has 0 radical (unpaired) electrons. The van der Waals surface area contributed by atoms with Crippen LogP contribution in [0.15, 0.2) is 0 Å². The lowest BCUT2D eigenvalue weighted by molar-refractivity contribution is -0.259. The van der Waals surface area contributed by atoms with Crippen molar-refractivity contribution < 1.29 is 29.2 Å². The number of hydrogen-bond acceptors (Lipinski definition) is 8. The van der Waals surface area contributed by atoms with Gasteiger partial charge in [0.25, 0.3) is 0 Å². The van der Waals surface area contributed by atoms with Gasteiger partial charge in [-0.1, -0.05) is 34.6 Å². The third-order valence-corrected chi connectivity index (χ3v) is 18.1. The van der Waals surface area contributed by atoms with E-state index in [1.54, 1.807) is 0 Å². The standard InChI is InChI=1S/C43H74N2O6/c1-12-48-36(38(7,8)47)28-21-27(4)33-34(50-28)35(46)41(11)30-14-13-29-37(5,6)31(15-16-42(29)23-43(30,42)18-17-40(33,41)10)51-32-22-45(19-20-49-32)39(9)24-44(25-39)26(2)3/h26-36,46-47H,12-25H2,1-11H3/t27-,28?,29+,30?,31+,32+,33+,34?,35+,36+,40-,41-,42-,43+/m1/s1. The summed E-state index contributed by atoms with van der Waals surface area (Å²) in [5.41, 5.74) is -0.231. The van der Waals surface area contributed by atoms with Gasteiger partial charge in [-0.25, -0.2) is 0 Å². The Morgan fingerprint density at radius 3 is 2.31 bits per heavy atom. The van der Waals surface area contributed by atoms with Crippen molar-refractivity contribution in [3.8, 4) is 0 Å². The van der Waals surface area contributed by atoms with E-state index < -0.39 is 17.8 Å². The molecule has 2 spiro atoms. The van der Waals surface area contributed by atoms with Gasteiger partial charge in [0.05, 0.1) is 43.2 Å².